The first kappa shape index (κ1) is 11.2. The smallest absolute Gasteiger partial charge is 0.221 e. The summed E-state index contributed by atoms with van der Waals surface area (Å²) in [6.45, 7) is 7.70. The molecule has 0 aliphatic carbocycles. The number of hydrogen-bond donors (Lipinski definition) is 1. The molecule has 1 heterocycles. The van der Waals surface area contributed by atoms with E-state index in [0.29, 0.717) is 5.15 Å². The monoisotopic (exact) mass is 187 g/mol. The molecule has 0 fully saturated rings. The number of rotatable bonds is 0. The van der Waals surface area contributed by atoms with Gasteiger partial charge in [0, 0.05) is 11.3 Å². The van der Waals surface area contributed by atoms with Crippen LogP contribution in [0.5, 0.6) is 0 Å². The normalized spacial score (nSPS) is 8.75. The lowest BCUT2D eigenvalue weighted by atomic mass is 10.3. The minimum absolute atomic E-state index is 0.230. The van der Waals surface area contributed by atoms with E-state index in [1.807, 2.05) is 27.7 Å². The summed E-state index contributed by atoms with van der Waals surface area (Å²) in [6.07, 6.45) is 0. The average molecular weight is 188 g/mol. The molecular formula is C8H14ClN3. The molecule has 4 heteroatoms. The highest BCUT2D eigenvalue weighted by atomic mass is 35.5. The molecule has 3 nitrogen and oxygen atoms in total. The lowest BCUT2D eigenvalue weighted by Crippen LogP contribution is -1.99. The van der Waals surface area contributed by atoms with E-state index in [0.717, 1.165) is 11.3 Å². The van der Waals surface area contributed by atoms with Crippen LogP contribution in [0.25, 0.3) is 0 Å². The maximum atomic E-state index is 5.69. The van der Waals surface area contributed by atoms with Gasteiger partial charge in [0.2, 0.25) is 5.95 Å². The molecule has 1 rings (SSSR count). The van der Waals surface area contributed by atoms with E-state index in [9.17, 15) is 0 Å². The van der Waals surface area contributed by atoms with Crippen LogP contribution in [0.3, 0.4) is 0 Å². The van der Waals surface area contributed by atoms with Crippen LogP contribution in [0.1, 0.15) is 25.1 Å². The second-order valence-corrected chi connectivity index (χ2v) is 2.44. The molecule has 12 heavy (non-hydrogen) atoms. The Balaban J connectivity index is 0.000000561. The second kappa shape index (κ2) is 4.93. The molecular weight excluding hydrogens is 174 g/mol. The molecule has 0 saturated heterocycles. The summed E-state index contributed by atoms with van der Waals surface area (Å²) in [6, 6.07) is 0. The molecule has 0 bridgehead atoms. The molecule has 68 valence electrons. The minimum Gasteiger partial charge on any atom is -0.368 e. The molecule has 0 unspecified atom stereocenters. The Kier molecular flexibility index (Phi) is 4.59. The first-order valence-corrected chi connectivity index (χ1v) is 4.25. The lowest BCUT2D eigenvalue weighted by Gasteiger charge is -2.00. The van der Waals surface area contributed by atoms with Gasteiger partial charge in [0.1, 0.15) is 5.15 Å². The van der Waals surface area contributed by atoms with Gasteiger partial charge in [-0.05, 0) is 13.8 Å². The van der Waals surface area contributed by atoms with Gasteiger partial charge in [0.05, 0.1) is 0 Å². The third-order valence-corrected chi connectivity index (χ3v) is 1.72. The first-order chi connectivity index (χ1) is 5.61. The van der Waals surface area contributed by atoms with Crippen molar-refractivity contribution in [1.29, 1.82) is 0 Å². The van der Waals surface area contributed by atoms with Gasteiger partial charge >= 0.3 is 0 Å². The summed E-state index contributed by atoms with van der Waals surface area (Å²) < 4.78 is 0. The topological polar surface area (TPSA) is 51.8 Å². The maximum Gasteiger partial charge on any atom is 0.221 e. The minimum atomic E-state index is 0.230. The fraction of sp³-hybridized carbons (Fsp3) is 0.500. The molecule has 0 atom stereocenters. The van der Waals surface area contributed by atoms with Gasteiger partial charge in [-0.3, -0.25) is 0 Å². The van der Waals surface area contributed by atoms with Crippen LogP contribution in [-0.2, 0) is 0 Å². The summed E-state index contributed by atoms with van der Waals surface area (Å²) >= 11 is 5.69. The number of nitrogen functional groups attached to an aromatic ring is 1. The Labute approximate surface area is 78.0 Å². The highest BCUT2D eigenvalue weighted by molar-refractivity contribution is 6.30. The van der Waals surface area contributed by atoms with Crippen molar-refractivity contribution in [1.82, 2.24) is 9.97 Å². The number of nitrogens with zero attached hydrogens (tertiary/aromatic N) is 2. The highest BCUT2D eigenvalue weighted by Crippen LogP contribution is 2.14. The molecule has 0 saturated carbocycles. The number of aromatic nitrogens is 2. The predicted molar refractivity (Wildman–Crippen MR) is 52.3 cm³/mol. The van der Waals surface area contributed by atoms with Gasteiger partial charge in [-0.15, -0.1) is 0 Å². The molecule has 2 N–H and O–H groups in total. The molecule has 1 aromatic heterocycles. The fourth-order valence-electron chi connectivity index (χ4n) is 0.614. The van der Waals surface area contributed by atoms with E-state index in [4.69, 9.17) is 17.3 Å². The van der Waals surface area contributed by atoms with Crippen LogP contribution in [0, 0.1) is 13.8 Å². The molecule has 0 aliphatic rings. The number of anilines is 1. The van der Waals surface area contributed by atoms with Gasteiger partial charge in [0.25, 0.3) is 0 Å². The standard InChI is InChI=1S/C6H8ClN3.C2H6/c1-3-4(2)9-6(8)10-5(3)7;1-2/h1-2H3,(H2,8,9,10);1-2H3. The third kappa shape index (κ3) is 2.66. The van der Waals surface area contributed by atoms with Crippen LogP contribution < -0.4 is 5.73 Å². The van der Waals surface area contributed by atoms with E-state index >= 15 is 0 Å². The number of aryl methyl sites for hydroxylation is 1. The second-order valence-electron chi connectivity index (χ2n) is 2.08. The molecule has 1 aromatic rings. The van der Waals surface area contributed by atoms with Gasteiger partial charge in [-0.1, -0.05) is 25.4 Å². The predicted octanol–water partition coefficient (Wildman–Crippen LogP) is 2.36. The summed E-state index contributed by atoms with van der Waals surface area (Å²) in [5, 5.41) is 0.435. The number of halogens is 1. The molecule has 0 spiro atoms. The zero-order valence-corrected chi connectivity index (χ0v) is 8.61. The summed E-state index contributed by atoms with van der Waals surface area (Å²) in [4.78, 5) is 7.68. The molecule has 0 radical (unpaired) electrons. The fourth-order valence-corrected chi connectivity index (χ4v) is 0.838. The van der Waals surface area contributed by atoms with Crippen molar-refractivity contribution >= 4 is 17.5 Å². The average Bonchev–Trinajstić information content (AvgIpc) is 2.04. The Morgan fingerprint density at radius 1 is 1.17 bits per heavy atom. The van der Waals surface area contributed by atoms with E-state index < -0.39 is 0 Å². The maximum absolute atomic E-state index is 5.69. The molecule has 0 amide bonds. The Morgan fingerprint density at radius 3 is 2.08 bits per heavy atom. The summed E-state index contributed by atoms with van der Waals surface area (Å²) in [7, 11) is 0. The first-order valence-electron chi connectivity index (χ1n) is 3.87. The quantitative estimate of drug-likeness (QED) is 0.635. The van der Waals surface area contributed by atoms with Crippen molar-refractivity contribution in [3.63, 3.8) is 0 Å². The highest BCUT2D eigenvalue weighted by Gasteiger charge is 2.01. The van der Waals surface area contributed by atoms with Crippen molar-refractivity contribution in [3.8, 4) is 0 Å². The van der Waals surface area contributed by atoms with Crippen molar-refractivity contribution in [2.75, 3.05) is 5.73 Å². The van der Waals surface area contributed by atoms with E-state index in [1.165, 1.54) is 0 Å². The van der Waals surface area contributed by atoms with Crippen LogP contribution in [0.4, 0.5) is 5.95 Å². The van der Waals surface area contributed by atoms with E-state index in [2.05, 4.69) is 9.97 Å². The van der Waals surface area contributed by atoms with Crippen LogP contribution in [-0.4, -0.2) is 9.97 Å². The third-order valence-electron chi connectivity index (χ3n) is 1.35. The Hall–Kier alpha value is -0.830. The Morgan fingerprint density at radius 2 is 1.67 bits per heavy atom. The molecule has 0 aromatic carbocycles. The van der Waals surface area contributed by atoms with Gasteiger partial charge in [-0.25, -0.2) is 9.97 Å². The lowest BCUT2D eigenvalue weighted by molar-refractivity contribution is 1.08. The van der Waals surface area contributed by atoms with Crippen molar-refractivity contribution < 1.29 is 0 Å². The van der Waals surface area contributed by atoms with Gasteiger partial charge < -0.3 is 5.73 Å². The van der Waals surface area contributed by atoms with Crippen molar-refractivity contribution in [2.45, 2.75) is 27.7 Å². The molecule has 0 aliphatic heterocycles. The zero-order chi connectivity index (χ0) is 9.72. The Bertz CT molecular complexity index is 237. The van der Waals surface area contributed by atoms with E-state index in [-0.39, 0.29) is 5.95 Å². The summed E-state index contributed by atoms with van der Waals surface area (Å²) in [5.74, 6) is 0.230. The largest absolute Gasteiger partial charge is 0.368 e. The van der Waals surface area contributed by atoms with E-state index in [1.54, 1.807) is 0 Å². The van der Waals surface area contributed by atoms with Crippen LogP contribution in [0.2, 0.25) is 5.15 Å². The van der Waals surface area contributed by atoms with Crippen molar-refractivity contribution in [3.05, 3.63) is 16.4 Å². The van der Waals surface area contributed by atoms with Gasteiger partial charge in [-0.2, -0.15) is 0 Å². The zero-order valence-electron chi connectivity index (χ0n) is 7.85. The number of hydrogen-bond acceptors (Lipinski definition) is 3. The summed E-state index contributed by atoms with van der Waals surface area (Å²) in [5.41, 5.74) is 7.04. The number of nitrogens with two attached hydrogens (primary N) is 1. The SMILES string of the molecule is CC.Cc1nc(N)nc(Cl)c1C. The van der Waals surface area contributed by atoms with Gasteiger partial charge in [0.15, 0.2) is 0 Å². The van der Waals surface area contributed by atoms with Crippen LogP contribution in [0.15, 0.2) is 0 Å². The van der Waals surface area contributed by atoms with Crippen molar-refractivity contribution in [2.24, 2.45) is 0 Å². The van der Waals surface area contributed by atoms with Crippen LogP contribution >= 0.6 is 11.6 Å².